The topological polar surface area (TPSA) is 46.5 Å². The second-order valence-electron chi connectivity index (χ2n) is 4.68. The Hall–Kier alpha value is -1.51. The fourth-order valence-electron chi connectivity index (χ4n) is 2.06. The highest BCUT2D eigenvalue weighted by molar-refractivity contribution is 5.68. The van der Waals surface area contributed by atoms with Gasteiger partial charge < -0.3 is 9.84 Å². The highest BCUT2D eigenvalue weighted by atomic mass is 16.5. The lowest BCUT2D eigenvalue weighted by atomic mass is 9.85. The number of carbonyl (C=O) groups is 1. The van der Waals surface area contributed by atoms with Gasteiger partial charge in [-0.2, -0.15) is 0 Å². The van der Waals surface area contributed by atoms with Gasteiger partial charge in [0.1, 0.15) is 5.75 Å². The summed E-state index contributed by atoms with van der Waals surface area (Å²) in [5.41, 5.74) is 2.11. The number of carboxylic acids is 1. The van der Waals surface area contributed by atoms with Gasteiger partial charge in [0.05, 0.1) is 13.5 Å². The smallest absolute Gasteiger partial charge is 0.303 e. The molecule has 0 bridgehead atoms. The van der Waals surface area contributed by atoms with Gasteiger partial charge in [0.2, 0.25) is 0 Å². The summed E-state index contributed by atoms with van der Waals surface area (Å²) in [5.74, 6) is 0.444. The number of methoxy groups -OCH3 is 1. The molecule has 0 amide bonds. The predicted octanol–water partition coefficient (Wildman–Crippen LogP) is 3.22. The lowest BCUT2D eigenvalue weighted by Crippen LogP contribution is -2.12. The van der Waals surface area contributed by atoms with Crippen LogP contribution in [0, 0.1) is 12.8 Å². The molecule has 3 heteroatoms. The van der Waals surface area contributed by atoms with Crippen LogP contribution in [0.2, 0.25) is 0 Å². The van der Waals surface area contributed by atoms with Crippen molar-refractivity contribution in [1.29, 1.82) is 0 Å². The molecule has 0 aliphatic heterocycles. The molecule has 0 aliphatic carbocycles. The van der Waals surface area contributed by atoms with Gasteiger partial charge in [0.25, 0.3) is 0 Å². The highest BCUT2D eigenvalue weighted by Gasteiger charge is 2.19. The molecule has 1 atom stereocenters. The van der Waals surface area contributed by atoms with Gasteiger partial charge in [-0.05, 0) is 36.0 Å². The molecule has 1 aromatic rings. The summed E-state index contributed by atoms with van der Waals surface area (Å²) in [6.07, 6.45) is 0.170. The number of hydrogen-bond donors (Lipinski definition) is 1. The van der Waals surface area contributed by atoms with Gasteiger partial charge in [0.15, 0.2) is 0 Å². The van der Waals surface area contributed by atoms with Crippen LogP contribution in [-0.2, 0) is 4.79 Å². The maximum absolute atomic E-state index is 10.9. The molecule has 0 aromatic heterocycles. The summed E-state index contributed by atoms with van der Waals surface area (Å²) in [6, 6.07) is 5.88. The van der Waals surface area contributed by atoms with Crippen molar-refractivity contribution in [1.82, 2.24) is 0 Å². The number of hydrogen-bond acceptors (Lipinski definition) is 2. The Kier molecular flexibility index (Phi) is 4.55. The van der Waals surface area contributed by atoms with E-state index in [2.05, 4.69) is 0 Å². The molecule has 0 unspecified atom stereocenters. The minimum atomic E-state index is -0.753. The van der Waals surface area contributed by atoms with Crippen LogP contribution in [0.3, 0.4) is 0 Å². The number of aryl methyl sites for hydroxylation is 1. The van der Waals surface area contributed by atoms with E-state index in [-0.39, 0.29) is 12.3 Å². The van der Waals surface area contributed by atoms with Gasteiger partial charge in [-0.25, -0.2) is 0 Å². The van der Waals surface area contributed by atoms with Crippen LogP contribution in [0.15, 0.2) is 18.2 Å². The maximum Gasteiger partial charge on any atom is 0.303 e. The van der Waals surface area contributed by atoms with Gasteiger partial charge in [-0.15, -0.1) is 0 Å². The molecule has 3 nitrogen and oxygen atoms in total. The number of carboxylic acid groups (broad SMARTS) is 1. The summed E-state index contributed by atoms with van der Waals surface area (Å²) in [4.78, 5) is 10.9. The minimum absolute atomic E-state index is 0.0529. The molecule has 17 heavy (non-hydrogen) atoms. The Labute approximate surface area is 102 Å². The maximum atomic E-state index is 10.9. The highest BCUT2D eigenvalue weighted by Crippen LogP contribution is 2.30. The quantitative estimate of drug-likeness (QED) is 0.853. The lowest BCUT2D eigenvalue weighted by molar-refractivity contribution is -0.137. The van der Waals surface area contributed by atoms with Crippen LogP contribution in [0.25, 0.3) is 0 Å². The van der Waals surface area contributed by atoms with Crippen LogP contribution in [0.1, 0.15) is 37.3 Å². The van der Waals surface area contributed by atoms with Crippen molar-refractivity contribution in [2.45, 2.75) is 33.1 Å². The van der Waals surface area contributed by atoms with Crippen molar-refractivity contribution in [3.63, 3.8) is 0 Å². The van der Waals surface area contributed by atoms with Crippen molar-refractivity contribution in [2.24, 2.45) is 5.92 Å². The van der Waals surface area contributed by atoms with Gasteiger partial charge in [-0.3, -0.25) is 4.79 Å². The van der Waals surface area contributed by atoms with E-state index in [0.717, 1.165) is 16.9 Å². The standard InChI is InChI=1S/C14H20O3/c1-9(2)12(8-14(15)16)11-5-6-13(17-4)10(3)7-11/h5-7,9,12H,8H2,1-4H3,(H,15,16)/t12-/m1/s1. The van der Waals surface area contributed by atoms with E-state index < -0.39 is 5.97 Å². The normalized spacial score (nSPS) is 12.5. The number of rotatable bonds is 5. The Balaban J connectivity index is 3.02. The Morgan fingerprint density at radius 3 is 2.47 bits per heavy atom. The first kappa shape index (κ1) is 13.6. The van der Waals surface area contributed by atoms with E-state index in [0.29, 0.717) is 5.92 Å². The monoisotopic (exact) mass is 236 g/mol. The van der Waals surface area contributed by atoms with E-state index in [1.54, 1.807) is 7.11 Å². The lowest BCUT2D eigenvalue weighted by Gasteiger charge is -2.20. The Bertz CT molecular complexity index is 396. The number of aliphatic carboxylic acids is 1. The molecule has 0 aliphatic rings. The second kappa shape index (κ2) is 5.71. The zero-order chi connectivity index (χ0) is 13.0. The summed E-state index contributed by atoms with van der Waals surface area (Å²) in [6.45, 7) is 6.07. The van der Waals surface area contributed by atoms with Crippen molar-refractivity contribution in [2.75, 3.05) is 7.11 Å². The van der Waals surface area contributed by atoms with Crippen LogP contribution in [-0.4, -0.2) is 18.2 Å². The van der Waals surface area contributed by atoms with Gasteiger partial charge in [-0.1, -0.05) is 26.0 Å². The fraction of sp³-hybridized carbons (Fsp3) is 0.500. The van der Waals surface area contributed by atoms with Crippen LogP contribution >= 0.6 is 0 Å². The second-order valence-corrected chi connectivity index (χ2v) is 4.68. The molecule has 94 valence electrons. The zero-order valence-corrected chi connectivity index (χ0v) is 10.9. The molecular formula is C14H20O3. The SMILES string of the molecule is COc1ccc([C@H](CC(=O)O)C(C)C)cc1C. The van der Waals surface area contributed by atoms with Crippen molar-refractivity contribution < 1.29 is 14.6 Å². The Morgan fingerprint density at radius 2 is 2.06 bits per heavy atom. The number of benzene rings is 1. The summed E-state index contributed by atoms with van der Waals surface area (Å²) in [7, 11) is 1.64. The van der Waals surface area contributed by atoms with Crippen LogP contribution < -0.4 is 4.74 Å². The molecule has 0 saturated heterocycles. The zero-order valence-electron chi connectivity index (χ0n) is 10.9. The fourth-order valence-corrected chi connectivity index (χ4v) is 2.06. The molecule has 0 heterocycles. The molecule has 1 N–H and O–H groups in total. The van der Waals surface area contributed by atoms with Crippen LogP contribution in [0.5, 0.6) is 5.75 Å². The van der Waals surface area contributed by atoms with E-state index in [4.69, 9.17) is 9.84 Å². The van der Waals surface area contributed by atoms with Crippen molar-refractivity contribution >= 4 is 5.97 Å². The van der Waals surface area contributed by atoms with Gasteiger partial charge >= 0.3 is 5.97 Å². The third-order valence-electron chi connectivity index (χ3n) is 3.05. The number of ether oxygens (including phenoxy) is 1. The van der Waals surface area contributed by atoms with Crippen molar-refractivity contribution in [3.8, 4) is 5.75 Å². The first-order valence-electron chi connectivity index (χ1n) is 5.82. The largest absolute Gasteiger partial charge is 0.496 e. The van der Waals surface area contributed by atoms with Crippen molar-refractivity contribution in [3.05, 3.63) is 29.3 Å². The summed E-state index contributed by atoms with van der Waals surface area (Å²) < 4.78 is 5.20. The van der Waals surface area contributed by atoms with Crippen LogP contribution in [0.4, 0.5) is 0 Å². The molecule has 0 spiro atoms. The minimum Gasteiger partial charge on any atom is -0.496 e. The van der Waals surface area contributed by atoms with E-state index in [9.17, 15) is 4.79 Å². The molecule has 0 saturated carbocycles. The molecule has 0 fully saturated rings. The predicted molar refractivity (Wildman–Crippen MR) is 67.6 cm³/mol. The van der Waals surface area contributed by atoms with Gasteiger partial charge in [0, 0.05) is 0 Å². The molecule has 0 radical (unpaired) electrons. The summed E-state index contributed by atoms with van der Waals surface area (Å²) in [5, 5.41) is 8.94. The first-order chi connectivity index (χ1) is 7.95. The molecule has 1 aromatic carbocycles. The third kappa shape index (κ3) is 3.48. The average Bonchev–Trinajstić information content (AvgIpc) is 2.25. The van der Waals surface area contributed by atoms with E-state index in [1.807, 2.05) is 39.0 Å². The first-order valence-corrected chi connectivity index (χ1v) is 5.82. The Morgan fingerprint density at radius 1 is 1.41 bits per heavy atom. The molecule has 1 rings (SSSR count). The third-order valence-corrected chi connectivity index (χ3v) is 3.05. The summed E-state index contributed by atoms with van der Waals surface area (Å²) >= 11 is 0. The molecular weight excluding hydrogens is 216 g/mol. The average molecular weight is 236 g/mol. The van der Waals surface area contributed by atoms with E-state index in [1.165, 1.54) is 0 Å². The van der Waals surface area contributed by atoms with E-state index >= 15 is 0 Å².